The molecule has 188 valence electrons. The summed E-state index contributed by atoms with van der Waals surface area (Å²) in [7, 11) is 0. The van der Waals surface area contributed by atoms with Crippen LogP contribution >= 0.6 is 0 Å². The quantitative estimate of drug-likeness (QED) is 0.331. The van der Waals surface area contributed by atoms with Crippen molar-refractivity contribution in [2.45, 2.75) is 59.0 Å². The number of benzene rings is 1. The van der Waals surface area contributed by atoms with Crippen molar-refractivity contribution < 1.29 is 19.4 Å². The van der Waals surface area contributed by atoms with E-state index >= 15 is 0 Å². The number of nitrogens with one attached hydrogen (secondary N) is 1. The van der Waals surface area contributed by atoms with Gasteiger partial charge in [-0.2, -0.15) is 9.97 Å². The van der Waals surface area contributed by atoms with E-state index in [1.54, 1.807) is 30.0 Å². The predicted molar refractivity (Wildman–Crippen MR) is 131 cm³/mol. The first-order valence-electron chi connectivity index (χ1n) is 11.7. The Kier molecular flexibility index (Phi) is 8.45. The van der Waals surface area contributed by atoms with Crippen LogP contribution in [0.1, 0.15) is 57.1 Å². The van der Waals surface area contributed by atoms with E-state index in [2.05, 4.69) is 15.0 Å². The second-order valence-electron chi connectivity index (χ2n) is 8.47. The van der Waals surface area contributed by atoms with Gasteiger partial charge in [-0.1, -0.05) is 37.6 Å². The summed E-state index contributed by atoms with van der Waals surface area (Å²) in [6, 6.07) is 7.34. The van der Waals surface area contributed by atoms with Gasteiger partial charge in [0.05, 0.1) is 12.5 Å². The smallest absolute Gasteiger partial charge is 0.327 e. The van der Waals surface area contributed by atoms with Gasteiger partial charge >= 0.3 is 17.7 Å². The Hall–Kier alpha value is -3.89. The number of carbonyl (C=O) groups is 2. The predicted octanol–water partition coefficient (Wildman–Crippen LogP) is 2.51. The number of hydrogen-bond acceptors (Lipinski definition) is 7. The Morgan fingerprint density at radius 2 is 2.06 bits per heavy atom. The average Bonchev–Trinajstić information content (AvgIpc) is 3.14. The number of carboxylic acid groups (broad SMARTS) is 1. The van der Waals surface area contributed by atoms with Crippen molar-refractivity contribution in [1.29, 1.82) is 0 Å². The first kappa shape index (κ1) is 25.7. The summed E-state index contributed by atoms with van der Waals surface area (Å²) in [6.45, 7) is 6.65. The van der Waals surface area contributed by atoms with Crippen molar-refractivity contribution in [2.24, 2.45) is 0 Å². The second kappa shape index (κ2) is 11.5. The molecule has 0 saturated carbocycles. The fraction of sp³-hybridized carbons (Fsp3) is 0.458. The molecule has 1 atom stereocenters. The van der Waals surface area contributed by atoms with Crippen LogP contribution in [0.15, 0.2) is 29.1 Å². The summed E-state index contributed by atoms with van der Waals surface area (Å²) in [5.41, 5.74) is 7.86. The molecule has 1 unspecified atom stereocenters. The number of hydrogen-bond donors (Lipinski definition) is 3. The zero-order valence-electron chi connectivity index (χ0n) is 20.3. The Morgan fingerprint density at radius 1 is 1.29 bits per heavy atom. The molecule has 11 nitrogen and oxygen atoms in total. The van der Waals surface area contributed by atoms with Crippen LogP contribution in [0.4, 0.5) is 5.82 Å². The number of H-pyrrole nitrogens is 1. The van der Waals surface area contributed by atoms with Crippen molar-refractivity contribution in [3.8, 4) is 6.01 Å². The van der Waals surface area contributed by atoms with Crippen molar-refractivity contribution in [2.75, 3.05) is 18.9 Å². The van der Waals surface area contributed by atoms with E-state index in [4.69, 9.17) is 10.5 Å². The number of carbonyl (C=O) groups excluding carboxylic acids is 1. The molecule has 0 aliphatic heterocycles. The number of aromatic amines is 1. The van der Waals surface area contributed by atoms with Gasteiger partial charge in [-0.05, 0) is 30.9 Å². The molecular formula is C24H32N6O5. The standard InChI is InChI=1S/C24H32N6O5/c1-4-5-12-35-23-27-20(25)19-21(28-23)30(24(34)26-19)11-7-10-29(16(3)31)14-17-8-6-9-18(13-17)15(2)22(32)33/h6,8-9,13,15H,4-5,7,10-12,14H2,1-3H3,(H,26,34)(H,32,33)(H2,25,27,28). The van der Waals surface area contributed by atoms with Crippen LogP contribution in [0.5, 0.6) is 6.01 Å². The van der Waals surface area contributed by atoms with Gasteiger partial charge in [0.15, 0.2) is 11.5 Å². The van der Waals surface area contributed by atoms with Gasteiger partial charge in [0.2, 0.25) is 5.91 Å². The third kappa shape index (κ3) is 6.37. The van der Waals surface area contributed by atoms with E-state index in [0.717, 1.165) is 18.4 Å². The van der Waals surface area contributed by atoms with Gasteiger partial charge in [-0.25, -0.2) is 4.79 Å². The summed E-state index contributed by atoms with van der Waals surface area (Å²) < 4.78 is 7.03. The molecule has 4 N–H and O–H groups in total. The van der Waals surface area contributed by atoms with Crippen LogP contribution < -0.4 is 16.2 Å². The second-order valence-corrected chi connectivity index (χ2v) is 8.47. The molecule has 2 heterocycles. The molecule has 0 spiro atoms. The van der Waals surface area contributed by atoms with Crippen LogP contribution in [-0.4, -0.2) is 54.6 Å². The first-order chi connectivity index (χ1) is 16.7. The maximum Gasteiger partial charge on any atom is 0.327 e. The molecule has 0 aliphatic carbocycles. The Morgan fingerprint density at radius 3 is 2.74 bits per heavy atom. The molecule has 0 saturated heterocycles. The van der Waals surface area contributed by atoms with E-state index in [9.17, 15) is 19.5 Å². The number of carboxylic acids is 1. The van der Waals surface area contributed by atoms with Gasteiger partial charge in [0.1, 0.15) is 5.52 Å². The van der Waals surface area contributed by atoms with Gasteiger partial charge in [-0.15, -0.1) is 0 Å². The highest BCUT2D eigenvalue weighted by Gasteiger charge is 2.17. The molecule has 1 aromatic carbocycles. The van der Waals surface area contributed by atoms with Crippen LogP contribution in [0.25, 0.3) is 11.2 Å². The van der Waals surface area contributed by atoms with Gasteiger partial charge in [0, 0.05) is 26.6 Å². The average molecular weight is 485 g/mol. The molecule has 1 amide bonds. The number of nitrogens with two attached hydrogens (primary N) is 1. The number of nitrogen functional groups attached to an aromatic ring is 1. The molecular weight excluding hydrogens is 452 g/mol. The van der Waals surface area contributed by atoms with Crippen molar-refractivity contribution >= 4 is 28.9 Å². The maximum absolute atomic E-state index is 12.5. The number of anilines is 1. The van der Waals surface area contributed by atoms with Crippen LogP contribution in [-0.2, 0) is 22.7 Å². The number of aromatic nitrogens is 4. The summed E-state index contributed by atoms with van der Waals surface area (Å²) >= 11 is 0. The Labute approximate surface area is 202 Å². The minimum Gasteiger partial charge on any atom is -0.481 e. The third-order valence-electron chi connectivity index (χ3n) is 5.81. The molecule has 0 fully saturated rings. The Bertz CT molecular complexity index is 1250. The van der Waals surface area contributed by atoms with Crippen molar-refractivity contribution in [3.05, 3.63) is 45.9 Å². The van der Waals surface area contributed by atoms with E-state index in [-0.39, 0.29) is 23.4 Å². The SMILES string of the molecule is CCCCOc1nc(N)c2[nH]c(=O)n(CCCN(Cc3cccc(C(C)C(=O)O)c3)C(C)=O)c2n1. The van der Waals surface area contributed by atoms with Crippen LogP contribution in [0.2, 0.25) is 0 Å². The molecule has 0 bridgehead atoms. The maximum atomic E-state index is 12.5. The molecule has 0 aliphatic rings. The Balaban J connectivity index is 1.71. The lowest BCUT2D eigenvalue weighted by Gasteiger charge is -2.22. The molecule has 35 heavy (non-hydrogen) atoms. The molecule has 3 rings (SSSR count). The fourth-order valence-corrected chi connectivity index (χ4v) is 3.70. The van der Waals surface area contributed by atoms with Crippen molar-refractivity contribution in [3.63, 3.8) is 0 Å². The van der Waals surface area contributed by atoms with Crippen LogP contribution in [0.3, 0.4) is 0 Å². The number of fused-ring (bicyclic) bond motifs is 1. The number of ether oxygens (including phenoxy) is 1. The van der Waals surface area contributed by atoms with E-state index in [1.165, 1.54) is 11.5 Å². The molecule has 2 aromatic heterocycles. The third-order valence-corrected chi connectivity index (χ3v) is 5.81. The highest BCUT2D eigenvalue weighted by molar-refractivity contribution is 5.81. The van der Waals surface area contributed by atoms with Gasteiger partial charge in [-0.3, -0.25) is 14.2 Å². The lowest BCUT2D eigenvalue weighted by molar-refractivity contribution is -0.138. The first-order valence-corrected chi connectivity index (χ1v) is 11.7. The number of aliphatic carboxylic acids is 1. The lowest BCUT2D eigenvalue weighted by Crippen LogP contribution is -2.30. The number of aryl methyl sites for hydroxylation is 1. The number of nitrogens with zero attached hydrogens (tertiary/aromatic N) is 4. The van der Waals surface area contributed by atoms with E-state index in [0.29, 0.717) is 49.4 Å². The zero-order chi connectivity index (χ0) is 25.5. The summed E-state index contributed by atoms with van der Waals surface area (Å²) in [6.07, 6.45) is 2.30. The summed E-state index contributed by atoms with van der Waals surface area (Å²) in [5, 5.41) is 9.27. The topological polar surface area (TPSA) is 156 Å². The summed E-state index contributed by atoms with van der Waals surface area (Å²) in [5.74, 6) is -1.53. The van der Waals surface area contributed by atoms with Gasteiger partial charge in [0.25, 0.3) is 0 Å². The highest BCUT2D eigenvalue weighted by atomic mass is 16.5. The number of amides is 1. The van der Waals surface area contributed by atoms with Gasteiger partial charge < -0.3 is 25.5 Å². The van der Waals surface area contributed by atoms with E-state index in [1.807, 2.05) is 13.0 Å². The van der Waals surface area contributed by atoms with Crippen LogP contribution in [0, 0.1) is 0 Å². The molecule has 0 radical (unpaired) electrons. The number of unbranched alkanes of at least 4 members (excludes halogenated alkanes) is 1. The number of rotatable bonds is 12. The molecule has 3 aromatic rings. The molecule has 11 heteroatoms. The highest BCUT2D eigenvalue weighted by Crippen LogP contribution is 2.20. The largest absolute Gasteiger partial charge is 0.481 e. The number of imidazole rings is 1. The normalized spacial score (nSPS) is 12.0. The zero-order valence-corrected chi connectivity index (χ0v) is 20.3. The minimum absolute atomic E-state index is 0.119. The van der Waals surface area contributed by atoms with Crippen molar-refractivity contribution in [1.82, 2.24) is 24.4 Å². The fourth-order valence-electron chi connectivity index (χ4n) is 3.70. The van der Waals surface area contributed by atoms with E-state index < -0.39 is 11.9 Å². The summed E-state index contributed by atoms with van der Waals surface area (Å²) in [4.78, 5) is 48.9. The minimum atomic E-state index is -0.905. The monoisotopic (exact) mass is 484 g/mol. The lowest BCUT2D eigenvalue weighted by atomic mass is 9.99.